The summed E-state index contributed by atoms with van der Waals surface area (Å²) in [5.74, 6) is 1.94. The van der Waals surface area contributed by atoms with E-state index < -0.39 is 0 Å². The third-order valence-corrected chi connectivity index (χ3v) is 3.46. The van der Waals surface area contributed by atoms with Gasteiger partial charge in [0.2, 0.25) is 0 Å². The summed E-state index contributed by atoms with van der Waals surface area (Å²) in [6.45, 7) is 2.14. The van der Waals surface area contributed by atoms with Gasteiger partial charge in [0.05, 0.1) is 12.7 Å². The molecular weight excluding hydrogens is 230 g/mol. The number of nitrogen functional groups attached to an aromatic ring is 1. The summed E-state index contributed by atoms with van der Waals surface area (Å²) in [5, 5.41) is 4.04. The maximum atomic E-state index is 5.93. The maximum absolute atomic E-state index is 5.93. The van der Waals surface area contributed by atoms with Crippen molar-refractivity contribution in [3.63, 3.8) is 0 Å². The molecule has 5 heteroatoms. The van der Waals surface area contributed by atoms with E-state index in [-0.39, 0.29) is 5.41 Å². The van der Waals surface area contributed by atoms with Crippen molar-refractivity contribution in [2.24, 2.45) is 0 Å². The van der Waals surface area contributed by atoms with Gasteiger partial charge < -0.3 is 15.0 Å². The second-order valence-corrected chi connectivity index (χ2v) is 4.94. The topological polar surface area (TPSA) is 74.2 Å². The van der Waals surface area contributed by atoms with Crippen LogP contribution < -0.4 is 10.5 Å². The molecule has 0 radical (unpaired) electrons. The molecule has 0 aliphatic heterocycles. The molecule has 1 aromatic carbocycles. The van der Waals surface area contributed by atoms with Crippen LogP contribution in [0.3, 0.4) is 0 Å². The second-order valence-electron chi connectivity index (χ2n) is 4.94. The normalized spacial score (nSPS) is 16.6. The number of hydrogen-bond donors (Lipinski definition) is 1. The highest BCUT2D eigenvalue weighted by Crippen LogP contribution is 2.46. The quantitative estimate of drug-likeness (QED) is 0.840. The molecule has 0 spiro atoms. The first-order chi connectivity index (χ1) is 8.62. The van der Waals surface area contributed by atoms with Gasteiger partial charge in [0, 0.05) is 11.1 Å². The molecule has 3 rings (SSSR count). The van der Waals surface area contributed by atoms with Crippen LogP contribution in [0.25, 0.3) is 11.5 Å². The SMILES string of the molecule is COc1ccc(N)c(-c2nc(C3(C)CC3)no2)c1. The van der Waals surface area contributed by atoms with Gasteiger partial charge in [-0.25, -0.2) is 0 Å². The molecule has 2 aromatic rings. The minimum atomic E-state index is 0.0926. The van der Waals surface area contributed by atoms with Gasteiger partial charge >= 0.3 is 0 Å². The van der Waals surface area contributed by atoms with Crippen molar-refractivity contribution in [2.75, 3.05) is 12.8 Å². The van der Waals surface area contributed by atoms with Crippen molar-refractivity contribution in [1.29, 1.82) is 0 Å². The molecule has 0 saturated heterocycles. The maximum Gasteiger partial charge on any atom is 0.260 e. The van der Waals surface area contributed by atoms with Gasteiger partial charge in [0.1, 0.15) is 5.75 Å². The highest BCUT2D eigenvalue weighted by Gasteiger charge is 2.43. The summed E-state index contributed by atoms with van der Waals surface area (Å²) in [6.07, 6.45) is 2.22. The van der Waals surface area contributed by atoms with E-state index in [9.17, 15) is 0 Å². The minimum Gasteiger partial charge on any atom is -0.497 e. The van der Waals surface area contributed by atoms with Gasteiger partial charge in [-0.15, -0.1) is 0 Å². The van der Waals surface area contributed by atoms with Crippen molar-refractivity contribution in [1.82, 2.24) is 10.1 Å². The van der Waals surface area contributed by atoms with Gasteiger partial charge in [-0.1, -0.05) is 12.1 Å². The van der Waals surface area contributed by atoms with Crippen molar-refractivity contribution in [3.8, 4) is 17.2 Å². The summed E-state index contributed by atoms with van der Waals surface area (Å²) < 4.78 is 10.5. The average Bonchev–Trinajstić information content (AvgIpc) is 2.94. The highest BCUT2D eigenvalue weighted by molar-refractivity contribution is 5.72. The number of methoxy groups -OCH3 is 1. The van der Waals surface area contributed by atoms with Gasteiger partial charge in [0.15, 0.2) is 5.82 Å². The number of nitrogens with zero attached hydrogens (tertiary/aromatic N) is 2. The number of ether oxygens (including phenoxy) is 1. The Morgan fingerprint density at radius 2 is 2.17 bits per heavy atom. The van der Waals surface area contributed by atoms with Gasteiger partial charge in [0.25, 0.3) is 5.89 Å². The van der Waals surface area contributed by atoms with Crippen LogP contribution in [0.1, 0.15) is 25.6 Å². The van der Waals surface area contributed by atoms with Crippen LogP contribution in [0.15, 0.2) is 22.7 Å². The number of anilines is 1. The lowest BCUT2D eigenvalue weighted by molar-refractivity contribution is 0.410. The molecule has 0 amide bonds. The Hall–Kier alpha value is -2.04. The molecule has 1 fully saturated rings. The Morgan fingerprint density at radius 3 is 2.83 bits per heavy atom. The molecule has 5 nitrogen and oxygen atoms in total. The lowest BCUT2D eigenvalue weighted by atomic mass is 10.1. The van der Waals surface area contributed by atoms with E-state index in [1.807, 2.05) is 6.07 Å². The van der Waals surface area contributed by atoms with Gasteiger partial charge in [-0.05, 0) is 31.0 Å². The summed E-state index contributed by atoms with van der Waals surface area (Å²) in [5.41, 5.74) is 7.34. The fourth-order valence-corrected chi connectivity index (χ4v) is 1.84. The van der Waals surface area contributed by atoms with Crippen LogP contribution in [0.4, 0.5) is 5.69 Å². The molecule has 1 aliphatic rings. The monoisotopic (exact) mass is 245 g/mol. The molecule has 1 heterocycles. The molecule has 0 unspecified atom stereocenters. The zero-order valence-corrected chi connectivity index (χ0v) is 10.4. The van der Waals surface area contributed by atoms with E-state index in [0.717, 1.165) is 30.0 Å². The minimum absolute atomic E-state index is 0.0926. The fourth-order valence-electron chi connectivity index (χ4n) is 1.84. The number of aromatic nitrogens is 2. The summed E-state index contributed by atoms with van der Waals surface area (Å²) in [4.78, 5) is 4.44. The molecule has 18 heavy (non-hydrogen) atoms. The van der Waals surface area contributed by atoms with E-state index in [2.05, 4.69) is 17.1 Å². The fraction of sp³-hybridized carbons (Fsp3) is 0.385. The van der Waals surface area contributed by atoms with E-state index in [1.165, 1.54) is 0 Å². The molecular formula is C13H15N3O2. The van der Waals surface area contributed by atoms with E-state index >= 15 is 0 Å². The van der Waals surface area contributed by atoms with Gasteiger partial charge in [-0.2, -0.15) is 4.98 Å². The van der Waals surface area contributed by atoms with Crippen LogP contribution in [0.2, 0.25) is 0 Å². The summed E-state index contributed by atoms with van der Waals surface area (Å²) in [6, 6.07) is 5.39. The zero-order chi connectivity index (χ0) is 12.8. The van der Waals surface area contributed by atoms with Gasteiger partial charge in [-0.3, -0.25) is 0 Å². The Bertz CT molecular complexity index is 588. The zero-order valence-electron chi connectivity index (χ0n) is 10.4. The molecule has 0 atom stereocenters. The summed E-state index contributed by atoms with van der Waals surface area (Å²) >= 11 is 0. The van der Waals surface area contributed by atoms with E-state index in [0.29, 0.717) is 11.6 Å². The van der Waals surface area contributed by atoms with Crippen LogP contribution in [0, 0.1) is 0 Å². The number of rotatable bonds is 3. The third-order valence-electron chi connectivity index (χ3n) is 3.46. The lowest BCUT2D eigenvalue weighted by Crippen LogP contribution is -2.02. The van der Waals surface area contributed by atoms with Crippen LogP contribution in [-0.4, -0.2) is 17.3 Å². The van der Waals surface area contributed by atoms with Crippen molar-refractivity contribution in [3.05, 3.63) is 24.0 Å². The van der Waals surface area contributed by atoms with Crippen LogP contribution >= 0.6 is 0 Å². The Kier molecular flexibility index (Phi) is 2.29. The number of hydrogen-bond acceptors (Lipinski definition) is 5. The van der Waals surface area contributed by atoms with Crippen molar-refractivity contribution in [2.45, 2.75) is 25.2 Å². The van der Waals surface area contributed by atoms with Crippen molar-refractivity contribution >= 4 is 5.69 Å². The molecule has 1 aliphatic carbocycles. The smallest absolute Gasteiger partial charge is 0.260 e. The molecule has 2 N–H and O–H groups in total. The summed E-state index contributed by atoms with van der Waals surface area (Å²) in [7, 11) is 1.61. The van der Waals surface area contributed by atoms with Crippen LogP contribution in [0.5, 0.6) is 5.75 Å². The number of benzene rings is 1. The van der Waals surface area contributed by atoms with Crippen molar-refractivity contribution < 1.29 is 9.26 Å². The van der Waals surface area contributed by atoms with E-state index in [4.69, 9.17) is 15.0 Å². The second kappa shape index (κ2) is 3.73. The first-order valence-corrected chi connectivity index (χ1v) is 5.90. The van der Waals surface area contributed by atoms with Crippen LogP contribution in [-0.2, 0) is 5.41 Å². The molecule has 94 valence electrons. The first-order valence-electron chi connectivity index (χ1n) is 5.90. The average molecular weight is 245 g/mol. The molecule has 1 saturated carbocycles. The Balaban J connectivity index is 2.01. The Labute approximate surface area is 105 Å². The first kappa shape index (κ1) is 11.1. The highest BCUT2D eigenvalue weighted by atomic mass is 16.5. The third kappa shape index (κ3) is 1.72. The van der Waals surface area contributed by atoms with E-state index in [1.54, 1.807) is 19.2 Å². The standard InChI is InChI=1S/C13H15N3O2/c1-13(5-6-13)12-15-11(18-16-12)9-7-8(17-2)3-4-10(9)14/h3-4,7H,5-6,14H2,1-2H3. The number of nitrogens with two attached hydrogens (primary N) is 1. The molecule has 1 aromatic heterocycles. The largest absolute Gasteiger partial charge is 0.497 e. The predicted octanol–water partition coefficient (Wildman–Crippen LogP) is 2.38. The predicted molar refractivity (Wildman–Crippen MR) is 67.3 cm³/mol. The molecule has 0 bridgehead atoms. The lowest BCUT2D eigenvalue weighted by Gasteiger charge is -2.04. The Morgan fingerprint density at radius 1 is 1.39 bits per heavy atom.